The van der Waals surface area contributed by atoms with Crippen LogP contribution in [-0.2, 0) is 5.67 Å². The van der Waals surface area contributed by atoms with Crippen LogP contribution in [0.15, 0.2) is 28.7 Å². The van der Waals surface area contributed by atoms with Gasteiger partial charge >= 0.3 is 23.9 Å². The number of alkyl halides is 9. The lowest BCUT2D eigenvalue weighted by atomic mass is 9.86. The van der Waals surface area contributed by atoms with Gasteiger partial charge in [-0.2, -0.15) is 40.4 Å². The molecule has 0 radical (unpaired) electrons. The van der Waals surface area contributed by atoms with Crippen molar-refractivity contribution in [1.82, 2.24) is 0 Å². The van der Waals surface area contributed by atoms with Gasteiger partial charge < -0.3 is 5.73 Å². The van der Waals surface area contributed by atoms with Crippen LogP contribution >= 0.6 is 27.5 Å². The van der Waals surface area contributed by atoms with Crippen molar-refractivity contribution in [3.8, 4) is 17.2 Å². The van der Waals surface area contributed by atoms with E-state index < -0.39 is 73.0 Å². The zero-order chi connectivity index (χ0) is 25.7. The highest BCUT2D eigenvalue weighted by atomic mass is 79.9. The third-order valence-electron chi connectivity index (χ3n) is 4.40. The number of hydrogen-bond acceptors (Lipinski definition) is 2. The molecule has 0 fully saturated rings. The number of hydrogen-bond donors (Lipinski definition) is 1. The maximum absolute atomic E-state index is 14.8. The van der Waals surface area contributed by atoms with Gasteiger partial charge in [0, 0.05) is 21.2 Å². The fourth-order valence-corrected chi connectivity index (χ4v) is 3.92. The van der Waals surface area contributed by atoms with Crippen molar-refractivity contribution in [2.24, 2.45) is 5.73 Å². The minimum atomic E-state index is -6.97. The Hall–Kier alpha value is -2.53. The van der Waals surface area contributed by atoms with E-state index in [0.717, 1.165) is 12.1 Å². The molecule has 0 aromatic heterocycles. The predicted octanol–water partition coefficient (Wildman–Crippen LogP) is 6.80. The summed E-state index contributed by atoms with van der Waals surface area (Å²) in [5.74, 6) is -9.80. The van der Waals surface area contributed by atoms with Gasteiger partial charge in [0.1, 0.15) is 5.82 Å². The molecule has 1 unspecified atom stereocenters. The summed E-state index contributed by atoms with van der Waals surface area (Å²) >= 11 is 8.27. The van der Waals surface area contributed by atoms with Crippen LogP contribution in [0.3, 0.4) is 0 Å². The van der Waals surface area contributed by atoms with Crippen LogP contribution in [0.5, 0.6) is 0 Å². The molecule has 33 heavy (non-hydrogen) atoms. The number of halogens is 12. The Labute approximate surface area is 190 Å². The van der Waals surface area contributed by atoms with E-state index in [2.05, 4.69) is 15.9 Å². The van der Waals surface area contributed by atoms with Crippen LogP contribution in [0.4, 0.5) is 43.9 Å². The second-order valence-corrected chi connectivity index (χ2v) is 7.63. The third-order valence-corrected chi connectivity index (χ3v) is 5.32. The van der Waals surface area contributed by atoms with E-state index in [-0.39, 0.29) is 12.1 Å². The smallest absolute Gasteiger partial charge is 0.366 e. The minimum Gasteiger partial charge on any atom is -0.366 e. The number of benzene rings is 2. The number of carbonyl (C=O) groups excluding carboxylic acids is 1. The second-order valence-electron chi connectivity index (χ2n) is 6.37. The first-order valence-electron chi connectivity index (χ1n) is 8.05. The van der Waals surface area contributed by atoms with Crippen LogP contribution in [-0.4, -0.2) is 24.2 Å². The number of carbonyl (C=O) groups is 1. The van der Waals surface area contributed by atoms with Crippen molar-refractivity contribution >= 4 is 33.4 Å². The molecule has 0 saturated carbocycles. The van der Waals surface area contributed by atoms with Gasteiger partial charge in [-0.15, -0.1) is 0 Å². The molecule has 178 valence electrons. The largest absolute Gasteiger partial charge is 0.457 e. The quantitative estimate of drug-likeness (QED) is 0.410. The van der Waals surface area contributed by atoms with Crippen molar-refractivity contribution in [2.45, 2.75) is 23.9 Å². The summed E-state index contributed by atoms with van der Waals surface area (Å²) in [4.78, 5) is 11.4. The Kier molecular flexibility index (Phi) is 6.76. The Morgan fingerprint density at radius 1 is 0.970 bits per heavy atom. The number of nitriles is 1. The zero-order valence-electron chi connectivity index (χ0n) is 15.3. The predicted molar refractivity (Wildman–Crippen MR) is 97.6 cm³/mol. The maximum Gasteiger partial charge on any atom is 0.457 e. The standard InChI is InChI=1S/C18H6BrClF10N2O/c19-9-3-7(15(22,17(25,26)27)16(23,24)18(28,29)30)4-10(20)12(9)11-6(5-31)1-2-8(13(11)21)14(32)33/h1-4H,(H2,32,33). The van der Waals surface area contributed by atoms with Crippen LogP contribution in [0.1, 0.15) is 21.5 Å². The molecule has 1 atom stereocenters. The van der Waals surface area contributed by atoms with Gasteiger partial charge in [0.25, 0.3) is 5.91 Å². The summed E-state index contributed by atoms with van der Waals surface area (Å²) < 4.78 is 134. The maximum atomic E-state index is 14.8. The van der Waals surface area contributed by atoms with Crippen LogP contribution in [0.2, 0.25) is 5.02 Å². The van der Waals surface area contributed by atoms with Crippen molar-refractivity contribution in [3.05, 3.63) is 56.3 Å². The van der Waals surface area contributed by atoms with Crippen molar-refractivity contribution in [1.29, 1.82) is 5.26 Å². The Morgan fingerprint density at radius 2 is 1.52 bits per heavy atom. The van der Waals surface area contributed by atoms with E-state index in [4.69, 9.17) is 17.3 Å². The fourth-order valence-electron chi connectivity index (χ4n) is 2.83. The molecular formula is C18H6BrClF10N2O. The number of nitrogens with zero attached hydrogens (tertiary/aromatic N) is 1. The van der Waals surface area contributed by atoms with E-state index in [0.29, 0.717) is 0 Å². The lowest BCUT2D eigenvalue weighted by molar-refractivity contribution is -0.389. The molecule has 0 aliphatic rings. The summed E-state index contributed by atoms with van der Waals surface area (Å²) in [7, 11) is 0. The summed E-state index contributed by atoms with van der Waals surface area (Å²) in [6.07, 6.45) is -13.8. The molecule has 0 spiro atoms. The highest BCUT2D eigenvalue weighted by molar-refractivity contribution is 9.10. The highest BCUT2D eigenvalue weighted by Gasteiger charge is 2.81. The molecule has 3 nitrogen and oxygen atoms in total. The summed E-state index contributed by atoms with van der Waals surface area (Å²) in [5.41, 5.74) is -6.56. The van der Waals surface area contributed by atoms with Crippen LogP contribution in [0, 0.1) is 17.1 Å². The molecule has 0 bridgehead atoms. The zero-order valence-corrected chi connectivity index (χ0v) is 17.6. The molecule has 2 rings (SSSR count). The van der Waals surface area contributed by atoms with Crippen LogP contribution in [0.25, 0.3) is 11.1 Å². The van der Waals surface area contributed by atoms with E-state index in [1.165, 1.54) is 6.07 Å². The number of primary amides is 1. The molecule has 0 aliphatic carbocycles. The second kappa shape index (κ2) is 8.35. The van der Waals surface area contributed by atoms with Crippen LogP contribution < -0.4 is 5.73 Å². The van der Waals surface area contributed by atoms with Gasteiger partial charge in [-0.3, -0.25) is 4.79 Å². The lowest BCUT2D eigenvalue weighted by Crippen LogP contribution is -2.59. The molecule has 2 N–H and O–H groups in total. The first-order valence-corrected chi connectivity index (χ1v) is 9.22. The molecule has 0 aliphatic heterocycles. The average molecular weight is 572 g/mol. The fraction of sp³-hybridized carbons (Fsp3) is 0.222. The SMILES string of the molecule is N#Cc1ccc(C(N)=O)c(F)c1-c1c(Cl)cc(C(F)(C(F)(F)F)C(F)(F)C(F)(F)F)cc1Br. The Morgan fingerprint density at radius 3 is 1.91 bits per heavy atom. The van der Waals surface area contributed by atoms with E-state index in [9.17, 15) is 54.0 Å². The van der Waals surface area contributed by atoms with Crippen molar-refractivity contribution in [2.75, 3.05) is 0 Å². The van der Waals surface area contributed by atoms with Gasteiger partial charge in [0.05, 0.1) is 22.2 Å². The van der Waals surface area contributed by atoms with Crippen molar-refractivity contribution < 1.29 is 48.7 Å². The molecule has 2 aromatic carbocycles. The normalized spacial score (nSPS) is 14.5. The Bertz CT molecular complexity index is 1150. The van der Waals surface area contributed by atoms with E-state index in [1.807, 2.05) is 0 Å². The average Bonchev–Trinajstić information content (AvgIpc) is 2.65. The molecular weight excluding hydrogens is 566 g/mol. The van der Waals surface area contributed by atoms with E-state index in [1.54, 1.807) is 0 Å². The minimum absolute atomic E-state index is 0.119. The number of amides is 1. The molecule has 2 aromatic rings. The topological polar surface area (TPSA) is 66.9 Å². The monoisotopic (exact) mass is 570 g/mol. The number of rotatable bonds is 4. The van der Waals surface area contributed by atoms with Crippen molar-refractivity contribution in [3.63, 3.8) is 0 Å². The third kappa shape index (κ3) is 4.12. The first kappa shape index (κ1) is 26.7. The molecule has 0 saturated heterocycles. The van der Waals surface area contributed by atoms with E-state index >= 15 is 0 Å². The van der Waals surface area contributed by atoms with Gasteiger partial charge in [-0.1, -0.05) is 27.5 Å². The summed E-state index contributed by atoms with van der Waals surface area (Å²) in [6.45, 7) is 0. The van der Waals surface area contributed by atoms with Gasteiger partial charge in [-0.05, 0) is 24.3 Å². The molecule has 15 heteroatoms. The molecule has 1 amide bonds. The highest BCUT2D eigenvalue weighted by Crippen LogP contribution is 2.59. The summed E-state index contributed by atoms with van der Waals surface area (Å²) in [5, 5.41) is 8.03. The first-order chi connectivity index (χ1) is 14.8. The lowest BCUT2D eigenvalue weighted by Gasteiger charge is -2.36. The van der Waals surface area contributed by atoms with Gasteiger partial charge in [0.2, 0.25) is 0 Å². The molecule has 0 heterocycles. The van der Waals surface area contributed by atoms with Gasteiger partial charge in [0.15, 0.2) is 0 Å². The number of nitrogens with two attached hydrogens (primary N) is 1. The Balaban J connectivity index is 2.94. The van der Waals surface area contributed by atoms with Gasteiger partial charge in [-0.25, -0.2) is 8.78 Å². The summed E-state index contributed by atoms with van der Waals surface area (Å²) in [6, 6.07) is 2.79.